The van der Waals surface area contributed by atoms with Crippen LogP contribution in [0.2, 0.25) is 0 Å². The molecular weight excluding hydrogens is 280 g/mol. The molecule has 2 aromatic rings. The van der Waals surface area contributed by atoms with Gasteiger partial charge in [0.15, 0.2) is 5.82 Å². The minimum absolute atomic E-state index is 0.321. The van der Waals surface area contributed by atoms with Crippen molar-refractivity contribution in [3.05, 3.63) is 36.2 Å². The van der Waals surface area contributed by atoms with Crippen LogP contribution in [0.15, 0.2) is 30.3 Å². The van der Waals surface area contributed by atoms with E-state index in [1.807, 2.05) is 35.2 Å². The van der Waals surface area contributed by atoms with Crippen LogP contribution in [0.25, 0.3) is 11.4 Å². The van der Waals surface area contributed by atoms with Crippen molar-refractivity contribution in [3.63, 3.8) is 0 Å². The fourth-order valence-corrected chi connectivity index (χ4v) is 2.89. The second-order valence-corrected chi connectivity index (χ2v) is 5.73. The summed E-state index contributed by atoms with van der Waals surface area (Å²) in [7, 11) is 0. The smallest absolute Gasteiger partial charge is 0.320 e. The number of aliphatic carboxylic acids is 1. The Morgan fingerprint density at radius 3 is 2.64 bits per heavy atom. The van der Waals surface area contributed by atoms with Gasteiger partial charge in [0.2, 0.25) is 0 Å². The quantitative estimate of drug-likeness (QED) is 0.904. The molecule has 116 valence electrons. The summed E-state index contributed by atoms with van der Waals surface area (Å²) in [6, 6.07) is 9.47. The number of piperidine rings is 1. The average molecular weight is 300 g/mol. The van der Waals surface area contributed by atoms with Crippen molar-refractivity contribution in [1.29, 1.82) is 0 Å². The van der Waals surface area contributed by atoms with E-state index < -0.39 is 12.0 Å². The van der Waals surface area contributed by atoms with Gasteiger partial charge in [-0.2, -0.15) is 5.10 Å². The highest BCUT2D eigenvalue weighted by molar-refractivity contribution is 5.72. The first-order valence-corrected chi connectivity index (χ1v) is 7.59. The fourth-order valence-electron chi connectivity index (χ4n) is 2.89. The fraction of sp³-hybridized carbons (Fsp3) is 0.438. The molecular formula is C16H20N4O2. The molecule has 0 radical (unpaired) electrons. The molecule has 0 spiro atoms. The number of aromatic nitrogens is 3. The lowest BCUT2D eigenvalue weighted by Gasteiger charge is -2.33. The van der Waals surface area contributed by atoms with E-state index >= 15 is 0 Å². The number of hydrogen-bond acceptors (Lipinski definition) is 4. The Balaban J connectivity index is 1.65. The molecule has 22 heavy (non-hydrogen) atoms. The molecule has 0 aliphatic carbocycles. The van der Waals surface area contributed by atoms with Crippen LogP contribution in [-0.4, -0.2) is 50.3 Å². The number of H-pyrrole nitrogens is 1. The lowest BCUT2D eigenvalue weighted by Crippen LogP contribution is -2.43. The van der Waals surface area contributed by atoms with Crippen molar-refractivity contribution in [2.24, 2.45) is 0 Å². The van der Waals surface area contributed by atoms with Crippen LogP contribution in [0.3, 0.4) is 0 Å². The number of aromatic amines is 1. The summed E-state index contributed by atoms with van der Waals surface area (Å²) in [5, 5.41) is 16.4. The van der Waals surface area contributed by atoms with Gasteiger partial charge in [-0.25, -0.2) is 4.98 Å². The van der Waals surface area contributed by atoms with Gasteiger partial charge in [-0.1, -0.05) is 30.3 Å². The summed E-state index contributed by atoms with van der Waals surface area (Å²) in [5.41, 5.74) is 1.00. The number of nitrogens with one attached hydrogen (secondary N) is 1. The van der Waals surface area contributed by atoms with Crippen molar-refractivity contribution in [1.82, 2.24) is 20.1 Å². The molecule has 2 heterocycles. The largest absolute Gasteiger partial charge is 0.480 e. The van der Waals surface area contributed by atoms with Gasteiger partial charge in [0.05, 0.1) is 0 Å². The molecule has 1 aliphatic heterocycles. The Kier molecular flexibility index (Phi) is 4.20. The van der Waals surface area contributed by atoms with Gasteiger partial charge in [-0.05, 0) is 32.9 Å². The zero-order valence-corrected chi connectivity index (χ0v) is 12.6. The Hall–Kier alpha value is -2.21. The molecule has 1 saturated heterocycles. The standard InChI is InChI=1S/C16H20N4O2/c1-11(16(21)22)20-9-7-13(8-10-20)15-17-14(18-19-15)12-5-3-2-4-6-12/h2-6,11,13H,7-10H2,1H3,(H,21,22)(H,17,18,19). The second-order valence-electron chi connectivity index (χ2n) is 5.73. The highest BCUT2D eigenvalue weighted by Crippen LogP contribution is 2.27. The Bertz CT molecular complexity index is 633. The number of nitrogens with zero attached hydrogens (tertiary/aromatic N) is 3. The maximum Gasteiger partial charge on any atom is 0.320 e. The average Bonchev–Trinajstić information content (AvgIpc) is 3.05. The minimum atomic E-state index is -0.760. The zero-order valence-electron chi connectivity index (χ0n) is 12.6. The minimum Gasteiger partial charge on any atom is -0.480 e. The predicted octanol–water partition coefficient (Wildman–Crippen LogP) is 2.12. The van der Waals surface area contributed by atoms with E-state index in [4.69, 9.17) is 5.11 Å². The number of carbonyl (C=O) groups is 1. The number of carboxylic acid groups (broad SMARTS) is 1. The van der Waals surface area contributed by atoms with Crippen LogP contribution in [0.5, 0.6) is 0 Å². The number of carboxylic acids is 1. The molecule has 0 saturated carbocycles. The highest BCUT2D eigenvalue weighted by Gasteiger charge is 2.28. The van der Waals surface area contributed by atoms with Crippen molar-refractivity contribution >= 4 is 5.97 Å². The van der Waals surface area contributed by atoms with Gasteiger partial charge in [-0.3, -0.25) is 14.8 Å². The van der Waals surface area contributed by atoms with Crippen molar-refractivity contribution in [3.8, 4) is 11.4 Å². The molecule has 1 atom stereocenters. The third-order valence-corrected chi connectivity index (χ3v) is 4.36. The predicted molar refractivity (Wildman–Crippen MR) is 82.5 cm³/mol. The van der Waals surface area contributed by atoms with Crippen molar-refractivity contribution < 1.29 is 9.90 Å². The van der Waals surface area contributed by atoms with E-state index in [0.717, 1.165) is 43.1 Å². The number of benzene rings is 1. The summed E-state index contributed by atoms with van der Waals surface area (Å²) in [6.45, 7) is 3.30. The van der Waals surface area contributed by atoms with Gasteiger partial charge in [0.1, 0.15) is 11.9 Å². The van der Waals surface area contributed by atoms with Crippen LogP contribution in [0, 0.1) is 0 Å². The van der Waals surface area contributed by atoms with Gasteiger partial charge >= 0.3 is 5.97 Å². The summed E-state index contributed by atoms with van der Waals surface area (Å²) in [6.07, 6.45) is 1.81. The molecule has 0 amide bonds. The zero-order chi connectivity index (χ0) is 15.5. The van der Waals surface area contributed by atoms with E-state index in [0.29, 0.717) is 5.92 Å². The summed E-state index contributed by atoms with van der Waals surface area (Å²) in [5.74, 6) is 1.19. The Morgan fingerprint density at radius 2 is 2.00 bits per heavy atom. The van der Waals surface area contributed by atoms with Gasteiger partial charge in [0, 0.05) is 11.5 Å². The number of rotatable bonds is 4. The maximum atomic E-state index is 11.0. The lowest BCUT2D eigenvalue weighted by molar-refractivity contribution is -0.143. The van der Waals surface area contributed by atoms with E-state index in [1.165, 1.54) is 0 Å². The molecule has 0 bridgehead atoms. The molecule has 6 nitrogen and oxygen atoms in total. The summed E-state index contributed by atoms with van der Waals surface area (Å²) < 4.78 is 0. The first-order chi connectivity index (χ1) is 10.6. The lowest BCUT2D eigenvalue weighted by atomic mass is 9.95. The molecule has 1 fully saturated rings. The highest BCUT2D eigenvalue weighted by atomic mass is 16.4. The van der Waals surface area contributed by atoms with Crippen LogP contribution in [0.4, 0.5) is 0 Å². The first kappa shape index (κ1) is 14.7. The Labute approximate surface area is 129 Å². The normalized spacial score (nSPS) is 18.2. The summed E-state index contributed by atoms with van der Waals surface area (Å²) in [4.78, 5) is 17.7. The van der Waals surface area contributed by atoms with Crippen molar-refractivity contribution in [2.75, 3.05) is 13.1 Å². The van der Waals surface area contributed by atoms with E-state index in [-0.39, 0.29) is 0 Å². The van der Waals surface area contributed by atoms with E-state index in [2.05, 4.69) is 15.2 Å². The van der Waals surface area contributed by atoms with Gasteiger partial charge in [-0.15, -0.1) is 0 Å². The molecule has 1 unspecified atom stereocenters. The van der Waals surface area contributed by atoms with Crippen LogP contribution < -0.4 is 0 Å². The summed E-state index contributed by atoms with van der Waals surface area (Å²) >= 11 is 0. The van der Waals surface area contributed by atoms with Crippen LogP contribution >= 0.6 is 0 Å². The molecule has 3 rings (SSSR count). The second kappa shape index (κ2) is 6.27. The van der Waals surface area contributed by atoms with Crippen molar-refractivity contribution in [2.45, 2.75) is 31.7 Å². The third-order valence-electron chi connectivity index (χ3n) is 4.36. The molecule has 1 aromatic carbocycles. The van der Waals surface area contributed by atoms with Gasteiger partial charge in [0.25, 0.3) is 0 Å². The molecule has 1 aromatic heterocycles. The van der Waals surface area contributed by atoms with E-state index in [9.17, 15) is 4.79 Å². The molecule has 2 N–H and O–H groups in total. The SMILES string of the molecule is CC(C(=O)O)N1CCC(c2nc(-c3ccccc3)n[nH]2)CC1. The number of hydrogen-bond donors (Lipinski definition) is 2. The molecule has 6 heteroatoms. The van der Waals surface area contributed by atoms with Crippen LogP contribution in [0.1, 0.15) is 31.5 Å². The monoisotopic (exact) mass is 300 g/mol. The maximum absolute atomic E-state index is 11.0. The third kappa shape index (κ3) is 3.01. The first-order valence-electron chi connectivity index (χ1n) is 7.59. The topological polar surface area (TPSA) is 82.1 Å². The molecule has 1 aliphatic rings. The van der Waals surface area contributed by atoms with Gasteiger partial charge < -0.3 is 5.11 Å². The van der Waals surface area contributed by atoms with Crippen LogP contribution in [-0.2, 0) is 4.79 Å². The Morgan fingerprint density at radius 1 is 1.32 bits per heavy atom. The van der Waals surface area contributed by atoms with E-state index in [1.54, 1.807) is 6.92 Å². The number of likely N-dealkylation sites (tertiary alicyclic amines) is 1.